The molecule has 0 fully saturated rings. The van der Waals surface area contributed by atoms with Crippen LogP contribution in [-0.2, 0) is 6.54 Å². The molecule has 1 N–H and O–H groups in total. The van der Waals surface area contributed by atoms with E-state index in [1.165, 1.54) is 0 Å². The maximum atomic E-state index is 4.36. The minimum Gasteiger partial charge on any atom is -0.314 e. The van der Waals surface area contributed by atoms with Crippen LogP contribution >= 0.6 is 0 Å². The molecular weight excluding hydrogens is 202 g/mol. The van der Waals surface area contributed by atoms with Gasteiger partial charge < -0.3 is 5.32 Å². The third kappa shape index (κ3) is 2.38. The van der Waals surface area contributed by atoms with Gasteiger partial charge in [0.1, 0.15) is 0 Å². The third-order valence-corrected chi connectivity index (χ3v) is 2.05. The van der Waals surface area contributed by atoms with Crippen molar-refractivity contribution in [3.8, 4) is 11.6 Å². The molecule has 0 aliphatic heterocycles. The first-order valence-corrected chi connectivity index (χ1v) is 5.05. The molecule has 0 saturated heterocycles. The number of hydrogen-bond donors (Lipinski definition) is 1. The molecule has 5 heteroatoms. The predicted octanol–water partition coefficient (Wildman–Crippen LogP) is 0.961. The molecule has 0 spiro atoms. The Bertz CT molecular complexity index is 466. The number of hydrogen-bond acceptors (Lipinski definition) is 5. The highest BCUT2D eigenvalue weighted by Gasteiger charge is 2.04. The fourth-order valence-corrected chi connectivity index (χ4v) is 1.29. The van der Waals surface area contributed by atoms with E-state index in [4.69, 9.17) is 0 Å². The summed E-state index contributed by atoms with van der Waals surface area (Å²) in [6.45, 7) is 2.66. The summed E-state index contributed by atoms with van der Waals surface area (Å²) in [5.41, 5.74) is 1.95. The molecule has 0 radical (unpaired) electrons. The Balaban J connectivity index is 2.32. The maximum Gasteiger partial charge on any atom is 0.197 e. The highest BCUT2D eigenvalue weighted by Crippen LogP contribution is 2.08. The van der Waals surface area contributed by atoms with Crippen molar-refractivity contribution in [3.63, 3.8) is 0 Å². The SMILES string of the molecule is CNCc1ccnc(-c2ncc(C)cn2)n1. The van der Waals surface area contributed by atoms with Crippen LogP contribution in [-0.4, -0.2) is 27.0 Å². The Labute approximate surface area is 94.0 Å². The number of aromatic nitrogens is 4. The fraction of sp³-hybridized carbons (Fsp3) is 0.273. The van der Waals surface area contributed by atoms with E-state index in [0.717, 1.165) is 11.3 Å². The first-order chi connectivity index (χ1) is 7.79. The van der Waals surface area contributed by atoms with E-state index in [1.807, 2.05) is 20.0 Å². The number of nitrogens with one attached hydrogen (secondary N) is 1. The molecule has 2 aromatic rings. The largest absolute Gasteiger partial charge is 0.314 e. The van der Waals surface area contributed by atoms with Gasteiger partial charge in [-0.25, -0.2) is 19.9 Å². The summed E-state index contributed by atoms with van der Waals surface area (Å²) in [6, 6.07) is 1.87. The van der Waals surface area contributed by atoms with E-state index in [2.05, 4.69) is 25.3 Å². The Hall–Kier alpha value is -1.88. The van der Waals surface area contributed by atoms with Gasteiger partial charge in [0.05, 0.1) is 5.69 Å². The van der Waals surface area contributed by atoms with Crippen molar-refractivity contribution < 1.29 is 0 Å². The van der Waals surface area contributed by atoms with Crippen molar-refractivity contribution in [3.05, 3.63) is 35.9 Å². The number of nitrogens with zero attached hydrogens (tertiary/aromatic N) is 4. The Morgan fingerprint density at radius 3 is 2.56 bits per heavy atom. The first-order valence-electron chi connectivity index (χ1n) is 5.05. The second kappa shape index (κ2) is 4.76. The van der Waals surface area contributed by atoms with Crippen LogP contribution in [0.25, 0.3) is 11.6 Å². The van der Waals surface area contributed by atoms with Crippen LogP contribution < -0.4 is 5.32 Å². The smallest absolute Gasteiger partial charge is 0.197 e. The third-order valence-electron chi connectivity index (χ3n) is 2.05. The number of aryl methyl sites for hydroxylation is 1. The van der Waals surface area contributed by atoms with Gasteiger partial charge in [-0.1, -0.05) is 0 Å². The lowest BCUT2D eigenvalue weighted by atomic mass is 10.3. The second-order valence-electron chi connectivity index (χ2n) is 3.49. The Morgan fingerprint density at radius 1 is 1.12 bits per heavy atom. The Kier molecular flexibility index (Phi) is 3.16. The zero-order valence-corrected chi connectivity index (χ0v) is 9.31. The number of rotatable bonds is 3. The molecule has 0 bridgehead atoms. The molecule has 0 amide bonds. The van der Waals surface area contributed by atoms with Crippen LogP contribution in [0.15, 0.2) is 24.7 Å². The van der Waals surface area contributed by atoms with Crippen molar-refractivity contribution in [2.24, 2.45) is 0 Å². The van der Waals surface area contributed by atoms with Gasteiger partial charge in [-0.3, -0.25) is 0 Å². The van der Waals surface area contributed by atoms with Crippen molar-refractivity contribution in [1.29, 1.82) is 0 Å². The van der Waals surface area contributed by atoms with E-state index < -0.39 is 0 Å². The zero-order chi connectivity index (χ0) is 11.4. The van der Waals surface area contributed by atoms with Gasteiger partial charge in [-0.15, -0.1) is 0 Å². The highest BCUT2D eigenvalue weighted by molar-refractivity contribution is 5.42. The van der Waals surface area contributed by atoms with Crippen molar-refractivity contribution in [1.82, 2.24) is 25.3 Å². The van der Waals surface area contributed by atoms with E-state index in [0.29, 0.717) is 18.2 Å². The molecule has 16 heavy (non-hydrogen) atoms. The molecule has 0 aliphatic carbocycles. The summed E-state index contributed by atoms with van der Waals surface area (Å²) in [7, 11) is 1.88. The van der Waals surface area contributed by atoms with Crippen molar-refractivity contribution in [2.75, 3.05) is 7.05 Å². The van der Waals surface area contributed by atoms with Gasteiger partial charge in [0.2, 0.25) is 0 Å². The van der Waals surface area contributed by atoms with E-state index in [9.17, 15) is 0 Å². The second-order valence-corrected chi connectivity index (χ2v) is 3.49. The lowest BCUT2D eigenvalue weighted by molar-refractivity contribution is 0.786. The zero-order valence-electron chi connectivity index (χ0n) is 9.31. The molecule has 0 aliphatic rings. The monoisotopic (exact) mass is 215 g/mol. The average molecular weight is 215 g/mol. The van der Waals surface area contributed by atoms with Crippen molar-refractivity contribution >= 4 is 0 Å². The molecule has 0 atom stereocenters. The molecule has 0 aromatic carbocycles. The highest BCUT2D eigenvalue weighted by atomic mass is 15.0. The van der Waals surface area contributed by atoms with E-state index in [-0.39, 0.29) is 0 Å². The first kappa shape index (κ1) is 10.6. The summed E-state index contributed by atoms with van der Waals surface area (Å²) >= 11 is 0. The maximum absolute atomic E-state index is 4.36. The fourth-order valence-electron chi connectivity index (χ4n) is 1.29. The van der Waals surface area contributed by atoms with Gasteiger partial charge >= 0.3 is 0 Å². The predicted molar refractivity (Wildman–Crippen MR) is 60.6 cm³/mol. The normalized spacial score (nSPS) is 10.4. The van der Waals surface area contributed by atoms with Crippen LogP contribution in [0.1, 0.15) is 11.3 Å². The minimum atomic E-state index is 0.559. The van der Waals surface area contributed by atoms with Gasteiger partial charge in [-0.05, 0) is 25.6 Å². The lowest BCUT2D eigenvalue weighted by Gasteiger charge is -2.02. The van der Waals surface area contributed by atoms with Crippen LogP contribution in [0.5, 0.6) is 0 Å². The van der Waals surface area contributed by atoms with Crippen LogP contribution in [0.3, 0.4) is 0 Å². The quantitative estimate of drug-likeness (QED) is 0.826. The van der Waals surface area contributed by atoms with Crippen LogP contribution in [0, 0.1) is 6.92 Å². The van der Waals surface area contributed by atoms with Gasteiger partial charge in [0.25, 0.3) is 0 Å². The van der Waals surface area contributed by atoms with Gasteiger partial charge in [-0.2, -0.15) is 0 Å². The van der Waals surface area contributed by atoms with E-state index >= 15 is 0 Å². The topological polar surface area (TPSA) is 63.6 Å². The Morgan fingerprint density at radius 2 is 1.88 bits per heavy atom. The molecule has 0 unspecified atom stereocenters. The molecular formula is C11H13N5. The molecule has 5 nitrogen and oxygen atoms in total. The van der Waals surface area contributed by atoms with Gasteiger partial charge in [0.15, 0.2) is 11.6 Å². The summed E-state index contributed by atoms with van der Waals surface area (Å²) in [4.78, 5) is 16.9. The summed E-state index contributed by atoms with van der Waals surface area (Å²) < 4.78 is 0. The average Bonchev–Trinajstić information content (AvgIpc) is 2.31. The molecule has 2 rings (SSSR count). The molecule has 82 valence electrons. The van der Waals surface area contributed by atoms with Gasteiger partial charge in [0, 0.05) is 25.1 Å². The minimum absolute atomic E-state index is 0.559. The standard InChI is InChI=1S/C11H13N5/c1-8-5-14-10(15-6-8)11-13-4-3-9(16-11)7-12-2/h3-6,12H,7H2,1-2H3. The molecule has 2 aromatic heterocycles. The van der Waals surface area contributed by atoms with Crippen LogP contribution in [0.2, 0.25) is 0 Å². The summed E-state index contributed by atoms with van der Waals surface area (Å²) in [5, 5.41) is 3.04. The van der Waals surface area contributed by atoms with E-state index in [1.54, 1.807) is 18.6 Å². The van der Waals surface area contributed by atoms with Crippen LogP contribution in [0.4, 0.5) is 0 Å². The molecule has 2 heterocycles. The lowest BCUT2D eigenvalue weighted by Crippen LogP contribution is -2.08. The molecule has 0 saturated carbocycles. The summed E-state index contributed by atoms with van der Waals surface area (Å²) in [5.74, 6) is 1.12. The summed E-state index contributed by atoms with van der Waals surface area (Å²) in [6.07, 6.45) is 5.24. The van der Waals surface area contributed by atoms with Crippen molar-refractivity contribution in [2.45, 2.75) is 13.5 Å².